The van der Waals surface area contributed by atoms with Crippen molar-refractivity contribution in [3.63, 3.8) is 0 Å². The van der Waals surface area contributed by atoms with E-state index in [0.29, 0.717) is 30.8 Å². The number of benzene rings is 1. The molecule has 138 valence electrons. The maximum atomic E-state index is 12.5. The molecule has 0 bridgehead atoms. The lowest BCUT2D eigenvalue weighted by atomic mass is 10.1. The average Bonchev–Trinajstić information content (AvgIpc) is 3.26. The van der Waals surface area contributed by atoms with Gasteiger partial charge < -0.3 is 15.1 Å². The number of para-hydroxylation sites is 1. The molecule has 0 aliphatic carbocycles. The summed E-state index contributed by atoms with van der Waals surface area (Å²) in [5.74, 6) is 0.194. The Kier molecular flexibility index (Phi) is 4.50. The normalized spacial score (nSPS) is 13.6. The Balaban J connectivity index is 1.51. The number of aromatic nitrogens is 2. The number of furan rings is 1. The minimum atomic E-state index is -0.345. The molecule has 0 unspecified atom stereocenters. The fourth-order valence-corrected chi connectivity index (χ4v) is 3.16. The summed E-state index contributed by atoms with van der Waals surface area (Å²) in [4.78, 5) is 24.5. The smallest absolute Gasteiger partial charge is 0.287 e. The van der Waals surface area contributed by atoms with Crippen LogP contribution in [0.3, 0.4) is 0 Å². The van der Waals surface area contributed by atoms with E-state index in [2.05, 4.69) is 15.7 Å². The fourth-order valence-electron chi connectivity index (χ4n) is 3.16. The zero-order chi connectivity index (χ0) is 18.8. The molecule has 1 aliphatic rings. The number of amides is 2. The topological polar surface area (TPSA) is 89.2 Å². The van der Waals surface area contributed by atoms with Crippen molar-refractivity contribution in [2.45, 2.75) is 26.3 Å². The molecule has 2 aromatic heterocycles. The minimum absolute atomic E-state index is 0.157. The number of nitrogens with zero attached hydrogens (tertiary/aromatic N) is 2. The highest BCUT2D eigenvalue weighted by Crippen LogP contribution is 2.20. The van der Waals surface area contributed by atoms with Gasteiger partial charge in [0.2, 0.25) is 0 Å². The van der Waals surface area contributed by atoms with Crippen LogP contribution in [-0.4, -0.2) is 28.1 Å². The van der Waals surface area contributed by atoms with Gasteiger partial charge in [-0.15, -0.1) is 0 Å². The molecule has 7 heteroatoms. The van der Waals surface area contributed by atoms with Crippen molar-refractivity contribution in [3.05, 3.63) is 70.9 Å². The van der Waals surface area contributed by atoms with Crippen molar-refractivity contribution in [1.29, 1.82) is 0 Å². The van der Waals surface area contributed by atoms with Gasteiger partial charge in [-0.05, 0) is 31.0 Å². The zero-order valence-electron chi connectivity index (χ0n) is 15.0. The Morgan fingerprint density at radius 1 is 1.33 bits per heavy atom. The predicted molar refractivity (Wildman–Crippen MR) is 98.8 cm³/mol. The van der Waals surface area contributed by atoms with E-state index in [1.807, 2.05) is 43.5 Å². The number of carbonyl (C=O) groups is 2. The summed E-state index contributed by atoms with van der Waals surface area (Å²) in [5, 5.41) is 10.1. The van der Waals surface area contributed by atoms with Crippen LogP contribution in [0.25, 0.3) is 5.69 Å². The molecule has 0 atom stereocenters. The maximum Gasteiger partial charge on any atom is 0.287 e. The largest absolute Gasteiger partial charge is 0.455 e. The first-order valence-electron chi connectivity index (χ1n) is 8.91. The molecule has 0 saturated carbocycles. The molecular formula is C20H20N4O3. The van der Waals surface area contributed by atoms with Gasteiger partial charge in [0.15, 0.2) is 5.76 Å². The zero-order valence-corrected chi connectivity index (χ0v) is 15.0. The highest BCUT2D eigenvalue weighted by Gasteiger charge is 2.23. The van der Waals surface area contributed by atoms with Crippen molar-refractivity contribution < 1.29 is 14.0 Å². The summed E-state index contributed by atoms with van der Waals surface area (Å²) in [6, 6.07) is 11.2. The lowest BCUT2D eigenvalue weighted by Crippen LogP contribution is -2.24. The molecule has 7 nitrogen and oxygen atoms in total. The molecule has 1 aromatic carbocycles. The first kappa shape index (κ1) is 17.1. The summed E-state index contributed by atoms with van der Waals surface area (Å²) in [5.41, 5.74) is 3.20. The van der Waals surface area contributed by atoms with Gasteiger partial charge in [0.05, 0.1) is 16.9 Å². The highest BCUT2D eigenvalue weighted by atomic mass is 16.4. The Morgan fingerprint density at radius 3 is 3.00 bits per heavy atom. The number of nitrogens with one attached hydrogen (secondary N) is 2. The molecule has 3 heterocycles. The van der Waals surface area contributed by atoms with Gasteiger partial charge in [0.1, 0.15) is 5.76 Å². The van der Waals surface area contributed by atoms with Gasteiger partial charge in [-0.2, -0.15) is 5.10 Å². The van der Waals surface area contributed by atoms with Crippen LogP contribution < -0.4 is 10.6 Å². The number of carbonyl (C=O) groups excluding carboxylic acids is 2. The Hall–Kier alpha value is -3.35. The molecule has 0 spiro atoms. The van der Waals surface area contributed by atoms with Crippen LogP contribution in [0.15, 0.2) is 47.0 Å². The standard InChI is InChI=1S/C20H20N4O3/c1-13-8-10-24(23-13)16-6-3-2-5-14(16)12-22-20(26)18-11-15-17(27-18)7-4-9-21-19(15)25/h2-3,5-6,8,10-11H,4,7,9,12H2,1H3,(H,21,25)(H,22,26). The van der Waals surface area contributed by atoms with E-state index in [1.54, 1.807) is 4.68 Å². The van der Waals surface area contributed by atoms with E-state index in [9.17, 15) is 9.59 Å². The number of rotatable bonds is 4. The predicted octanol–water partition coefficient (Wildman–Crippen LogP) is 2.38. The van der Waals surface area contributed by atoms with E-state index >= 15 is 0 Å². The number of hydrogen-bond donors (Lipinski definition) is 2. The van der Waals surface area contributed by atoms with E-state index in [1.165, 1.54) is 6.07 Å². The molecule has 2 amide bonds. The first-order valence-corrected chi connectivity index (χ1v) is 8.91. The molecule has 0 saturated heterocycles. The Bertz CT molecular complexity index is 1000. The Morgan fingerprint density at radius 2 is 2.19 bits per heavy atom. The SMILES string of the molecule is Cc1ccn(-c2ccccc2CNC(=O)c2cc3c(o2)CCCNC3=O)n1. The molecule has 2 N–H and O–H groups in total. The van der Waals surface area contributed by atoms with E-state index in [4.69, 9.17) is 4.42 Å². The van der Waals surface area contributed by atoms with Crippen LogP contribution in [0.2, 0.25) is 0 Å². The van der Waals surface area contributed by atoms with Crippen LogP contribution in [0.4, 0.5) is 0 Å². The van der Waals surface area contributed by atoms with Gasteiger partial charge in [0.25, 0.3) is 11.8 Å². The van der Waals surface area contributed by atoms with Crippen molar-refractivity contribution in [1.82, 2.24) is 20.4 Å². The second kappa shape index (κ2) is 7.11. The van der Waals surface area contributed by atoms with Crippen LogP contribution in [0.1, 0.15) is 44.4 Å². The van der Waals surface area contributed by atoms with Crippen LogP contribution in [0.5, 0.6) is 0 Å². The van der Waals surface area contributed by atoms with E-state index in [0.717, 1.165) is 23.4 Å². The number of aryl methyl sites for hydroxylation is 2. The second-order valence-electron chi connectivity index (χ2n) is 6.52. The monoisotopic (exact) mass is 364 g/mol. The van der Waals surface area contributed by atoms with Crippen molar-refractivity contribution >= 4 is 11.8 Å². The molecule has 3 aromatic rings. The van der Waals surface area contributed by atoms with Gasteiger partial charge in [0, 0.05) is 31.8 Å². The lowest BCUT2D eigenvalue weighted by molar-refractivity contribution is 0.0920. The molecule has 4 rings (SSSR count). The first-order chi connectivity index (χ1) is 13.1. The van der Waals surface area contributed by atoms with Gasteiger partial charge in [-0.25, -0.2) is 4.68 Å². The lowest BCUT2D eigenvalue weighted by Gasteiger charge is -2.10. The van der Waals surface area contributed by atoms with Gasteiger partial charge in [-0.1, -0.05) is 18.2 Å². The highest BCUT2D eigenvalue weighted by molar-refractivity contribution is 5.99. The van der Waals surface area contributed by atoms with Crippen molar-refractivity contribution in [2.24, 2.45) is 0 Å². The van der Waals surface area contributed by atoms with Gasteiger partial charge >= 0.3 is 0 Å². The van der Waals surface area contributed by atoms with Crippen LogP contribution in [0, 0.1) is 6.92 Å². The van der Waals surface area contributed by atoms with Crippen LogP contribution in [-0.2, 0) is 13.0 Å². The summed E-state index contributed by atoms with van der Waals surface area (Å²) >= 11 is 0. The molecular weight excluding hydrogens is 344 g/mol. The Labute approximate surface area is 156 Å². The van der Waals surface area contributed by atoms with Crippen LogP contribution >= 0.6 is 0 Å². The van der Waals surface area contributed by atoms with Crippen molar-refractivity contribution in [2.75, 3.05) is 6.54 Å². The van der Waals surface area contributed by atoms with Crippen molar-refractivity contribution in [3.8, 4) is 5.69 Å². The summed E-state index contributed by atoms with van der Waals surface area (Å²) in [6.45, 7) is 2.87. The number of fused-ring (bicyclic) bond motifs is 1. The fraction of sp³-hybridized carbons (Fsp3) is 0.250. The maximum absolute atomic E-state index is 12.5. The van der Waals surface area contributed by atoms with E-state index in [-0.39, 0.29) is 17.6 Å². The minimum Gasteiger partial charge on any atom is -0.455 e. The second-order valence-corrected chi connectivity index (χ2v) is 6.52. The third-order valence-corrected chi connectivity index (χ3v) is 4.54. The summed E-state index contributed by atoms with van der Waals surface area (Å²) in [6.07, 6.45) is 3.32. The summed E-state index contributed by atoms with van der Waals surface area (Å²) in [7, 11) is 0. The van der Waals surface area contributed by atoms with E-state index < -0.39 is 0 Å². The number of hydrogen-bond acceptors (Lipinski definition) is 4. The molecule has 27 heavy (non-hydrogen) atoms. The third kappa shape index (κ3) is 3.48. The molecule has 1 aliphatic heterocycles. The van der Waals surface area contributed by atoms with Gasteiger partial charge in [-0.3, -0.25) is 9.59 Å². The quantitative estimate of drug-likeness (QED) is 0.744. The molecule has 0 fully saturated rings. The third-order valence-electron chi connectivity index (χ3n) is 4.54. The summed E-state index contributed by atoms with van der Waals surface area (Å²) < 4.78 is 7.42. The average molecular weight is 364 g/mol. The molecule has 0 radical (unpaired) electrons.